The molecule has 1 N–H and O–H groups in total. The van der Waals surface area contributed by atoms with Gasteiger partial charge in [0.15, 0.2) is 0 Å². The average Bonchev–Trinajstić information content (AvgIpc) is 2.81. The maximum Gasteiger partial charge on any atom is 0.264 e. The van der Waals surface area contributed by atoms with Crippen molar-refractivity contribution >= 4 is 37.5 Å². The summed E-state index contributed by atoms with van der Waals surface area (Å²) in [7, 11) is -3.92. The number of hydrogen-bond donors (Lipinski definition) is 1. The minimum Gasteiger partial charge on any atom is -0.350 e. The molecule has 0 aromatic heterocycles. The van der Waals surface area contributed by atoms with Crippen LogP contribution < -0.4 is 9.62 Å². The molecule has 3 aromatic rings. The lowest BCUT2D eigenvalue weighted by molar-refractivity contribution is -0.119. The van der Waals surface area contributed by atoms with E-state index >= 15 is 0 Å². The van der Waals surface area contributed by atoms with Crippen molar-refractivity contribution in [2.24, 2.45) is 0 Å². The topological polar surface area (TPSA) is 66.5 Å². The van der Waals surface area contributed by atoms with Crippen LogP contribution in [0.4, 0.5) is 5.69 Å². The van der Waals surface area contributed by atoms with Crippen LogP contribution in [0.1, 0.15) is 30.5 Å². The summed E-state index contributed by atoms with van der Waals surface area (Å²) in [6.07, 6.45) is 1.78. The third kappa shape index (κ3) is 5.78. The van der Waals surface area contributed by atoms with Gasteiger partial charge in [0.2, 0.25) is 5.91 Å². The van der Waals surface area contributed by atoms with Crippen molar-refractivity contribution in [2.45, 2.75) is 38.1 Å². The SMILES string of the molecule is CCc1ccc(CC)c(CNC(=O)CN(c2cccc(Br)c2)S(=O)(=O)c2ccccc2)c1. The fourth-order valence-corrected chi connectivity index (χ4v) is 5.28. The summed E-state index contributed by atoms with van der Waals surface area (Å²) in [5.74, 6) is -0.367. The van der Waals surface area contributed by atoms with Crippen LogP contribution in [-0.2, 0) is 34.2 Å². The second-order valence-corrected chi connectivity index (χ2v) is 10.2. The lowest BCUT2D eigenvalue weighted by Gasteiger charge is -2.24. The Hall–Kier alpha value is -2.64. The van der Waals surface area contributed by atoms with Crippen molar-refractivity contribution in [3.8, 4) is 0 Å². The third-order valence-corrected chi connectivity index (χ3v) is 7.53. The van der Waals surface area contributed by atoms with Gasteiger partial charge in [-0.15, -0.1) is 0 Å². The number of halogens is 1. The Morgan fingerprint density at radius 3 is 2.31 bits per heavy atom. The molecular formula is C25H27BrN2O3S. The second kappa shape index (κ2) is 10.8. The minimum absolute atomic E-state index is 0.136. The number of carbonyl (C=O) groups excluding carboxylic acids is 1. The van der Waals surface area contributed by atoms with E-state index in [2.05, 4.69) is 53.3 Å². The molecule has 32 heavy (non-hydrogen) atoms. The first-order valence-corrected chi connectivity index (χ1v) is 12.8. The fourth-order valence-electron chi connectivity index (χ4n) is 3.45. The molecule has 5 nitrogen and oxygen atoms in total. The number of hydrogen-bond acceptors (Lipinski definition) is 3. The third-order valence-electron chi connectivity index (χ3n) is 5.25. The molecule has 168 valence electrons. The van der Waals surface area contributed by atoms with Crippen LogP contribution in [0.2, 0.25) is 0 Å². The first-order valence-electron chi connectivity index (χ1n) is 10.6. The van der Waals surface area contributed by atoms with Gasteiger partial charge < -0.3 is 5.32 Å². The maximum atomic E-state index is 13.4. The predicted octanol–water partition coefficient (Wildman–Crippen LogP) is 5.09. The zero-order valence-electron chi connectivity index (χ0n) is 18.2. The number of nitrogens with one attached hydrogen (secondary N) is 1. The van der Waals surface area contributed by atoms with Crippen LogP contribution >= 0.6 is 15.9 Å². The van der Waals surface area contributed by atoms with E-state index in [-0.39, 0.29) is 17.3 Å². The number of nitrogens with zero attached hydrogens (tertiary/aromatic N) is 1. The number of sulfonamides is 1. The Bertz CT molecular complexity index is 1180. The van der Waals surface area contributed by atoms with Crippen molar-refractivity contribution in [3.05, 3.63) is 94.0 Å². The summed E-state index contributed by atoms with van der Waals surface area (Å²) in [5.41, 5.74) is 3.85. The molecule has 3 rings (SSSR count). The second-order valence-electron chi connectivity index (χ2n) is 7.39. The van der Waals surface area contributed by atoms with Crippen LogP contribution in [0.5, 0.6) is 0 Å². The van der Waals surface area contributed by atoms with Gasteiger partial charge >= 0.3 is 0 Å². The first kappa shape index (κ1) is 24.0. The van der Waals surface area contributed by atoms with Gasteiger partial charge in [0.1, 0.15) is 6.54 Å². The Kier molecular flexibility index (Phi) is 8.10. The summed E-state index contributed by atoms with van der Waals surface area (Å²) in [5, 5.41) is 2.91. The summed E-state index contributed by atoms with van der Waals surface area (Å²) >= 11 is 3.39. The smallest absolute Gasteiger partial charge is 0.264 e. The highest BCUT2D eigenvalue weighted by Gasteiger charge is 2.27. The van der Waals surface area contributed by atoms with E-state index in [1.807, 2.05) is 6.07 Å². The summed E-state index contributed by atoms with van der Waals surface area (Å²) < 4.78 is 28.6. The maximum absolute atomic E-state index is 13.4. The molecule has 1 amide bonds. The van der Waals surface area contributed by atoms with Crippen LogP contribution in [0.15, 0.2) is 82.2 Å². The molecule has 0 bridgehead atoms. The molecular weight excluding hydrogens is 488 g/mol. The van der Waals surface area contributed by atoms with Crippen LogP contribution in [-0.4, -0.2) is 20.9 Å². The Balaban J connectivity index is 1.85. The van der Waals surface area contributed by atoms with Gasteiger partial charge in [0.25, 0.3) is 10.0 Å². The normalized spacial score (nSPS) is 11.2. The van der Waals surface area contributed by atoms with Gasteiger partial charge in [0.05, 0.1) is 10.6 Å². The van der Waals surface area contributed by atoms with Gasteiger partial charge in [-0.25, -0.2) is 8.42 Å². The van der Waals surface area contributed by atoms with Crippen molar-refractivity contribution in [1.29, 1.82) is 0 Å². The summed E-state index contributed by atoms with van der Waals surface area (Å²) in [6, 6.07) is 21.4. The van der Waals surface area contributed by atoms with E-state index < -0.39 is 10.0 Å². The molecule has 0 unspecified atom stereocenters. The van der Waals surface area contributed by atoms with E-state index in [4.69, 9.17) is 0 Å². The van der Waals surface area contributed by atoms with Crippen molar-refractivity contribution in [3.63, 3.8) is 0 Å². The van der Waals surface area contributed by atoms with E-state index in [0.717, 1.165) is 27.2 Å². The standard InChI is InChI=1S/C25H27BrN2O3S/c1-3-19-13-14-20(4-2)21(15-19)17-27-25(29)18-28(23-10-8-9-22(26)16-23)32(30,31)24-11-6-5-7-12-24/h5-16H,3-4,17-18H2,1-2H3,(H,27,29). The quantitative estimate of drug-likeness (QED) is 0.432. The molecule has 3 aromatic carbocycles. The number of rotatable bonds is 9. The molecule has 0 atom stereocenters. The summed E-state index contributed by atoms with van der Waals surface area (Å²) in [6.45, 7) is 4.21. The van der Waals surface area contributed by atoms with Gasteiger partial charge in [-0.2, -0.15) is 0 Å². The molecule has 0 fully saturated rings. The van der Waals surface area contributed by atoms with Gasteiger partial charge in [0, 0.05) is 11.0 Å². The number of aryl methyl sites for hydroxylation is 2. The average molecular weight is 515 g/mol. The molecule has 0 aliphatic rings. The highest BCUT2D eigenvalue weighted by molar-refractivity contribution is 9.10. The highest BCUT2D eigenvalue weighted by atomic mass is 79.9. The number of benzene rings is 3. The van der Waals surface area contributed by atoms with Crippen LogP contribution in [0.25, 0.3) is 0 Å². The summed E-state index contributed by atoms with van der Waals surface area (Å²) in [4.78, 5) is 13.0. The van der Waals surface area contributed by atoms with E-state index in [1.165, 1.54) is 23.3 Å². The van der Waals surface area contributed by atoms with E-state index in [1.54, 1.807) is 36.4 Å². The minimum atomic E-state index is -3.92. The van der Waals surface area contributed by atoms with Crippen molar-refractivity contribution in [1.82, 2.24) is 5.32 Å². The predicted molar refractivity (Wildman–Crippen MR) is 132 cm³/mol. The molecule has 0 aliphatic heterocycles. The van der Waals surface area contributed by atoms with E-state index in [0.29, 0.717) is 12.2 Å². The molecule has 0 aliphatic carbocycles. The van der Waals surface area contributed by atoms with Crippen LogP contribution in [0, 0.1) is 0 Å². The molecule has 0 heterocycles. The molecule has 0 radical (unpaired) electrons. The van der Waals surface area contributed by atoms with Gasteiger partial charge in [-0.3, -0.25) is 9.10 Å². The number of amides is 1. The molecule has 0 spiro atoms. The molecule has 7 heteroatoms. The number of carbonyl (C=O) groups is 1. The van der Waals surface area contributed by atoms with Crippen LogP contribution in [0.3, 0.4) is 0 Å². The van der Waals surface area contributed by atoms with Gasteiger partial charge in [-0.05, 0) is 59.9 Å². The largest absolute Gasteiger partial charge is 0.350 e. The number of anilines is 1. The Labute approximate surface area is 198 Å². The zero-order chi connectivity index (χ0) is 23.1. The van der Waals surface area contributed by atoms with E-state index in [9.17, 15) is 13.2 Å². The fraction of sp³-hybridized carbons (Fsp3) is 0.240. The Morgan fingerprint density at radius 2 is 1.66 bits per heavy atom. The highest BCUT2D eigenvalue weighted by Crippen LogP contribution is 2.26. The zero-order valence-corrected chi connectivity index (χ0v) is 20.6. The first-order chi connectivity index (χ1) is 15.3. The Morgan fingerprint density at radius 1 is 0.906 bits per heavy atom. The van der Waals surface area contributed by atoms with Crippen molar-refractivity contribution < 1.29 is 13.2 Å². The molecule has 0 saturated heterocycles. The monoisotopic (exact) mass is 514 g/mol. The lowest BCUT2D eigenvalue weighted by atomic mass is 10.0. The lowest BCUT2D eigenvalue weighted by Crippen LogP contribution is -2.40. The van der Waals surface area contributed by atoms with Gasteiger partial charge in [-0.1, -0.05) is 72.2 Å². The molecule has 0 saturated carbocycles. The van der Waals surface area contributed by atoms with Crippen molar-refractivity contribution in [2.75, 3.05) is 10.8 Å².